The number of carbonyl (C=O) groups is 1. The Labute approximate surface area is 234 Å². The number of amides is 1. The highest BCUT2D eigenvalue weighted by atomic mass is 35.5. The van der Waals surface area contributed by atoms with Crippen LogP contribution in [0.1, 0.15) is 41.0 Å². The number of anilines is 1. The van der Waals surface area contributed by atoms with Gasteiger partial charge in [0.2, 0.25) is 11.5 Å². The number of aryl methyl sites for hydroxylation is 3. The zero-order valence-electron chi connectivity index (χ0n) is 22.5. The monoisotopic (exact) mass is 562 g/mol. The van der Waals surface area contributed by atoms with Crippen LogP contribution in [-0.2, 0) is 18.4 Å². The van der Waals surface area contributed by atoms with Crippen molar-refractivity contribution in [3.63, 3.8) is 0 Å². The molecule has 0 bridgehead atoms. The van der Waals surface area contributed by atoms with Gasteiger partial charge in [-0.3, -0.25) is 24.9 Å². The molecule has 1 aliphatic heterocycles. The van der Waals surface area contributed by atoms with Crippen LogP contribution >= 0.6 is 11.6 Å². The molecule has 1 amide bonds. The number of nitro benzene ring substituents is 1. The molecule has 0 saturated heterocycles. The lowest BCUT2D eigenvalue weighted by Gasteiger charge is -2.27. The van der Waals surface area contributed by atoms with Crippen molar-refractivity contribution in [3.8, 4) is 0 Å². The number of nitrogens with zero attached hydrogens (tertiary/aromatic N) is 5. The number of fused-ring (bicyclic) bond motifs is 1. The largest absolute Gasteiger partial charge is 0.416 e. The van der Waals surface area contributed by atoms with E-state index in [0.717, 1.165) is 22.5 Å². The number of hydrogen-bond acceptors (Lipinski definition) is 9. The number of para-hydroxylation sites is 1. The number of carbonyl (C=O) groups excluding carboxylic acids is 1. The normalized spacial score (nSPS) is 15.2. The third-order valence-corrected chi connectivity index (χ3v) is 7.16. The molecule has 4 aromatic rings. The molecule has 0 radical (unpaired) electrons. The van der Waals surface area contributed by atoms with Gasteiger partial charge in [-0.2, -0.15) is 10.1 Å². The maximum absolute atomic E-state index is 13.6. The lowest BCUT2D eigenvalue weighted by molar-refractivity contribution is -0.383. The van der Waals surface area contributed by atoms with Crippen molar-refractivity contribution < 1.29 is 14.1 Å². The summed E-state index contributed by atoms with van der Waals surface area (Å²) in [5, 5.41) is 25.3. The van der Waals surface area contributed by atoms with Crippen LogP contribution in [0.15, 0.2) is 57.1 Å². The summed E-state index contributed by atoms with van der Waals surface area (Å²) in [5.74, 6) is -0.0709. The first kappa shape index (κ1) is 26.9. The number of nitro groups is 1. The highest BCUT2D eigenvalue weighted by molar-refractivity contribution is 6.31. The van der Waals surface area contributed by atoms with Crippen LogP contribution in [0.3, 0.4) is 0 Å². The van der Waals surface area contributed by atoms with E-state index in [-0.39, 0.29) is 29.2 Å². The molecule has 2 aromatic heterocycles. The van der Waals surface area contributed by atoms with Crippen LogP contribution in [0, 0.1) is 30.9 Å². The smallest absolute Gasteiger partial charge is 0.313 e. The second-order valence-corrected chi connectivity index (χ2v) is 9.96. The van der Waals surface area contributed by atoms with Gasteiger partial charge < -0.3 is 15.1 Å². The third kappa shape index (κ3) is 5.00. The first-order valence-electron chi connectivity index (χ1n) is 12.4. The van der Waals surface area contributed by atoms with E-state index in [4.69, 9.17) is 21.0 Å². The summed E-state index contributed by atoms with van der Waals surface area (Å²) in [6, 6.07) is 9.29. The fourth-order valence-corrected chi connectivity index (χ4v) is 5.02. The van der Waals surface area contributed by atoms with Gasteiger partial charge in [-0.15, -0.1) is 0 Å². The molecule has 0 fully saturated rings. The van der Waals surface area contributed by atoms with Crippen molar-refractivity contribution in [2.24, 2.45) is 12.0 Å². The van der Waals surface area contributed by atoms with E-state index in [1.54, 1.807) is 17.7 Å². The van der Waals surface area contributed by atoms with E-state index in [9.17, 15) is 14.9 Å². The summed E-state index contributed by atoms with van der Waals surface area (Å²) in [5.41, 5.74) is 5.44. The summed E-state index contributed by atoms with van der Waals surface area (Å²) in [6.07, 6.45) is 0. The molecule has 40 heavy (non-hydrogen) atoms. The Bertz CT molecular complexity index is 1740. The molecule has 0 spiro atoms. The number of halogens is 1. The van der Waals surface area contributed by atoms with Gasteiger partial charge in [-0.05, 0) is 45.4 Å². The second kappa shape index (κ2) is 10.5. The van der Waals surface area contributed by atoms with Crippen LogP contribution in [0.5, 0.6) is 0 Å². The second-order valence-electron chi connectivity index (χ2n) is 9.55. The number of non-ortho nitro benzene ring substituents is 1. The fourth-order valence-electron chi connectivity index (χ4n) is 4.68. The number of aromatic nitrogens is 3. The standard InChI is InChI=1S/C27H27ClN8O4/c1-13-9-10-17(19(28)11-13)23-22(25(37)29-12-18-14(2)34-35(5)16(18)4)15(3)30-26(32-23)33-27-31-20-7-6-8-21(36(38)39)24(20)40-27/h6-11,23H,12H2,1-5H3,(H,29,37)(H2,30,31,32,33). The maximum Gasteiger partial charge on any atom is 0.313 e. The van der Waals surface area contributed by atoms with E-state index in [0.29, 0.717) is 33.9 Å². The van der Waals surface area contributed by atoms with Crippen molar-refractivity contribution in [2.75, 3.05) is 5.32 Å². The third-order valence-electron chi connectivity index (χ3n) is 6.84. The van der Waals surface area contributed by atoms with Gasteiger partial charge in [0.1, 0.15) is 11.6 Å². The van der Waals surface area contributed by atoms with Crippen molar-refractivity contribution in [2.45, 2.75) is 40.3 Å². The van der Waals surface area contributed by atoms with E-state index < -0.39 is 11.0 Å². The Hall–Kier alpha value is -4.71. The predicted molar refractivity (Wildman–Crippen MR) is 151 cm³/mol. The lowest BCUT2D eigenvalue weighted by atomic mass is 9.94. The van der Waals surface area contributed by atoms with Crippen LogP contribution in [0.2, 0.25) is 5.02 Å². The van der Waals surface area contributed by atoms with Crippen molar-refractivity contribution in [3.05, 3.63) is 90.9 Å². The first-order chi connectivity index (χ1) is 19.0. The van der Waals surface area contributed by atoms with Gasteiger partial charge >= 0.3 is 11.7 Å². The van der Waals surface area contributed by atoms with Gasteiger partial charge in [0.05, 0.1) is 16.2 Å². The Kier molecular flexibility index (Phi) is 7.03. The molecule has 0 aliphatic carbocycles. The molecular formula is C27H27ClN8O4. The maximum atomic E-state index is 13.6. The molecule has 0 saturated carbocycles. The number of allylic oxidation sites excluding steroid dienone is 1. The number of hydrogen-bond donors (Lipinski definition) is 3. The summed E-state index contributed by atoms with van der Waals surface area (Å²) < 4.78 is 7.43. The summed E-state index contributed by atoms with van der Waals surface area (Å²) in [7, 11) is 1.86. The Morgan fingerprint density at radius 1 is 1.23 bits per heavy atom. The molecule has 1 atom stereocenters. The minimum atomic E-state index is -0.758. The molecular weight excluding hydrogens is 536 g/mol. The van der Waals surface area contributed by atoms with Crippen molar-refractivity contribution in [1.29, 1.82) is 0 Å². The Balaban J connectivity index is 1.48. The number of guanidine groups is 1. The topological polar surface area (TPSA) is 153 Å². The van der Waals surface area contributed by atoms with Gasteiger partial charge in [-0.25, -0.2) is 4.99 Å². The quantitative estimate of drug-likeness (QED) is 0.225. The number of aliphatic imine (C=N–C) groups is 1. The van der Waals surface area contributed by atoms with Gasteiger partial charge in [0, 0.05) is 47.2 Å². The zero-order valence-corrected chi connectivity index (χ0v) is 23.3. The molecule has 1 unspecified atom stereocenters. The average molecular weight is 563 g/mol. The molecule has 2 aromatic carbocycles. The summed E-state index contributed by atoms with van der Waals surface area (Å²) in [4.78, 5) is 33.5. The van der Waals surface area contributed by atoms with E-state index in [1.165, 1.54) is 12.1 Å². The molecule has 12 nitrogen and oxygen atoms in total. The van der Waals surface area contributed by atoms with E-state index in [2.05, 4.69) is 26.0 Å². The van der Waals surface area contributed by atoms with Gasteiger partial charge in [0.15, 0.2) is 0 Å². The van der Waals surface area contributed by atoms with E-state index >= 15 is 0 Å². The average Bonchev–Trinajstić information content (AvgIpc) is 3.40. The zero-order chi connectivity index (χ0) is 28.7. The Morgan fingerprint density at radius 2 is 2.00 bits per heavy atom. The van der Waals surface area contributed by atoms with Crippen LogP contribution in [0.4, 0.5) is 11.7 Å². The number of rotatable bonds is 6. The van der Waals surface area contributed by atoms with Gasteiger partial charge in [0.25, 0.3) is 5.91 Å². The predicted octanol–water partition coefficient (Wildman–Crippen LogP) is 4.75. The van der Waals surface area contributed by atoms with Crippen molar-refractivity contribution >= 4 is 46.3 Å². The summed E-state index contributed by atoms with van der Waals surface area (Å²) in [6.45, 7) is 7.84. The number of nitrogens with one attached hydrogen (secondary N) is 3. The molecule has 3 heterocycles. The molecule has 13 heteroatoms. The molecule has 1 aliphatic rings. The minimum absolute atomic E-state index is 0.00697. The number of oxazole rings is 1. The Morgan fingerprint density at radius 3 is 2.67 bits per heavy atom. The van der Waals surface area contributed by atoms with Crippen LogP contribution < -0.4 is 16.0 Å². The van der Waals surface area contributed by atoms with Crippen LogP contribution in [0.25, 0.3) is 11.1 Å². The summed E-state index contributed by atoms with van der Waals surface area (Å²) >= 11 is 6.64. The van der Waals surface area contributed by atoms with Crippen LogP contribution in [-0.4, -0.2) is 31.6 Å². The lowest BCUT2D eigenvalue weighted by Crippen LogP contribution is -2.39. The van der Waals surface area contributed by atoms with E-state index in [1.807, 2.05) is 46.0 Å². The highest BCUT2D eigenvalue weighted by Crippen LogP contribution is 2.36. The number of benzene rings is 2. The minimum Gasteiger partial charge on any atom is -0.416 e. The molecule has 3 N–H and O–H groups in total. The molecule has 5 rings (SSSR count). The fraction of sp³-hybridized carbons (Fsp3) is 0.259. The first-order valence-corrected chi connectivity index (χ1v) is 12.8. The SMILES string of the molecule is CC1=C(C(=O)NCc2c(C)nn(C)c2C)C(c2ccc(C)cc2Cl)N=C(Nc2nc3cccc([N+](=O)[O-])c3o2)N1. The van der Waals surface area contributed by atoms with Crippen molar-refractivity contribution in [1.82, 2.24) is 25.4 Å². The van der Waals surface area contributed by atoms with Gasteiger partial charge in [-0.1, -0.05) is 29.8 Å². The molecule has 206 valence electrons. The highest BCUT2D eigenvalue weighted by Gasteiger charge is 2.31.